The van der Waals surface area contributed by atoms with Crippen LogP contribution in [-0.4, -0.2) is 71.5 Å². The van der Waals surface area contributed by atoms with Gasteiger partial charge in [0.05, 0.1) is 13.2 Å². The lowest BCUT2D eigenvalue weighted by Gasteiger charge is -2.40. The summed E-state index contributed by atoms with van der Waals surface area (Å²) in [4.78, 5) is 38.2. The molecule has 2 unspecified atom stereocenters. The highest BCUT2D eigenvalue weighted by Crippen LogP contribution is 2.34. The van der Waals surface area contributed by atoms with Crippen LogP contribution >= 0.6 is 0 Å². The van der Waals surface area contributed by atoms with E-state index in [2.05, 4.69) is 4.90 Å². The zero-order valence-corrected chi connectivity index (χ0v) is 17.6. The van der Waals surface area contributed by atoms with Crippen LogP contribution in [-0.2, 0) is 11.3 Å². The minimum Gasteiger partial charge on any atom is -0.494 e. The van der Waals surface area contributed by atoms with E-state index in [1.165, 1.54) is 4.90 Å². The first kappa shape index (κ1) is 19.4. The molecule has 2 aromatic carbocycles. The molecule has 2 atom stereocenters. The van der Waals surface area contributed by atoms with E-state index < -0.39 is 12.2 Å². The molecule has 0 bridgehead atoms. The molecule has 0 saturated carbocycles. The van der Waals surface area contributed by atoms with E-state index in [-0.39, 0.29) is 18.5 Å². The van der Waals surface area contributed by atoms with Crippen LogP contribution in [0.15, 0.2) is 59.6 Å². The number of imide groups is 1. The highest BCUT2D eigenvalue weighted by molar-refractivity contribution is 6.07. The second kappa shape index (κ2) is 7.61. The van der Waals surface area contributed by atoms with Gasteiger partial charge in [-0.1, -0.05) is 30.3 Å². The van der Waals surface area contributed by atoms with Crippen molar-refractivity contribution in [2.75, 3.05) is 31.6 Å². The number of nitrogens with zero attached hydrogens (tertiary/aromatic N) is 5. The maximum absolute atomic E-state index is 13.4. The van der Waals surface area contributed by atoms with Crippen molar-refractivity contribution in [3.05, 3.63) is 60.2 Å². The zero-order valence-electron chi connectivity index (χ0n) is 17.6. The molecule has 0 spiro atoms. The molecule has 0 aromatic heterocycles. The number of anilines is 1. The van der Waals surface area contributed by atoms with Gasteiger partial charge in [-0.3, -0.25) is 9.69 Å². The third-order valence-electron chi connectivity index (χ3n) is 6.02. The molecule has 160 valence electrons. The third-order valence-corrected chi connectivity index (χ3v) is 6.02. The van der Waals surface area contributed by atoms with Crippen molar-refractivity contribution < 1.29 is 14.3 Å². The van der Waals surface area contributed by atoms with Crippen LogP contribution in [0.3, 0.4) is 0 Å². The van der Waals surface area contributed by atoms with Crippen LogP contribution in [0.1, 0.15) is 12.5 Å². The number of guanidine groups is 1. The van der Waals surface area contributed by atoms with Gasteiger partial charge in [-0.15, -0.1) is 0 Å². The molecule has 8 nitrogen and oxygen atoms in total. The normalized spacial score (nSPS) is 22.6. The maximum Gasteiger partial charge on any atom is 0.328 e. The Bertz CT molecular complexity index is 1020. The summed E-state index contributed by atoms with van der Waals surface area (Å²) in [6.07, 6.45) is -0.507. The number of urea groups is 1. The molecule has 31 heavy (non-hydrogen) atoms. The average Bonchev–Trinajstić information content (AvgIpc) is 3.36. The van der Waals surface area contributed by atoms with Crippen molar-refractivity contribution in [1.29, 1.82) is 0 Å². The van der Waals surface area contributed by atoms with Crippen molar-refractivity contribution in [2.45, 2.75) is 25.7 Å². The summed E-state index contributed by atoms with van der Waals surface area (Å²) in [7, 11) is 1.72. The Morgan fingerprint density at radius 2 is 1.77 bits per heavy atom. The first-order chi connectivity index (χ1) is 15.1. The molecule has 3 aliphatic rings. The molecular formula is C23H25N5O3. The Morgan fingerprint density at radius 1 is 1.03 bits per heavy atom. The van der Waals surface area contributed by atoms with Gasteiger partial charge in [0.2, 0.25) is 5.96 Å². The Balaban J connectivity index is 1.40. The first-order valence-corrected chi connectivity index (χ1v) is 10.6. The van der Waals surface area contributed by atoms with Crippen molar-refractivity contribution in [3.8, 4) is 5.75 Å². The van der Waals surface area contributed by atoms with Gasteiger partial charge in [0, 0.05) is 25.8 Å². The van der Waals surface area contributed by atoms with Gasteiger partial charge >= 0.3 is 6.03 Å². The van der Waals surface area contributed by atoms with E-state index >= 15 is 0 Å². The lowest BCUT2D eigenvalue weighted by molar-refractivity contribution is -0.137. The van der Waals surface area contributed by atoms with Crippen LogP contribution in [0, 0.1) is 0 Å². The van der Waals surface area contributed by atoms with Crippen LogP contribution in [0.2, 0.25) is 0 Å². The summed E-state index contributed by atoms with van der Waals surface area (Å²) in [5, 5.41) is 0. The number of carbonyl (C=O) groups excluding carboxylic acids is 2. The van der Waals surface area contributed by atoms with Crippen LogP contribution in [0.25, 0.3) is 0 Å². The molecule has 3 heterocycles. The van der Waals surface area contributed by atoms with Gasteiger partial charge in [-0.05, 0) is 36.8 Å². The third kappa shape index (κ3) is 3.19. The van der Waals surface area contributed by atoms with Crippen LogP contribution in [0.5, 0.6) is 5.75 Å². The van der Waals surface area contributed by atoms with Crippen molar-refractivity contribution in [3.63, 3.8) is 0 Å². The topological polar surface area (TPSA) is 68.7 Å². The largest absolute Gasteiger partial charge is 0.494 e. The van der Waals surface area contributed by atoms with E-state index in [1.807, 2.05) is 66.4 Å². The van der Waals surface area contributed by atoms with E-state index in [0.717, 1.165) is 29.5 Å². The molecule has 0 N–H and O–H groups in total. The van der Waals surface area contributed by atoms with Gasteiger partial charge in [0.25, 0.3) is 5.91 Å². The molecule has 3 aliphatic heterocycles. The van der Waals surface area contributed by atoms with E-state index in [1.54, 1.807) is 11.9 Å². The second-order valence-corrected chi connectivity index (χ2v) is 7.86. The first-order valence-electron chi connectivity index (χ1n) is 10.6. The summed E-state index contributed by atoms with van der Waals surface area (Å²) < 4.78 is 5.53. The quantitative estimate of drug-likeness (QED) is 0.744. The zero-order chi connectivity index (χ0) is 21.5. The fourth-order valence-electron chi connectivity index (χ4n) is 4.48. The number of hydrogen-bond donors (Lipinski definition) is 0. The average molecular weight is 419 g/mol. The number of likely N-dealkylation sites (N-methyl/N-ethyl adjacent to an activating group) is 1. The number of rotatable bonds is 5. The predicted molar refractivity (Wildman–Crippen MR) is 117 cm³/mol. The highest BCUT2D eigenvalue weighted by atomic mass is 16.5. The number of aliphatic imine (C=N–C) groups is 1. The molecule has 3 amide bonds. The Hall–Kier alpha value is -3.55. The lowest BCUT2D eigenvalue weighted by atomic mass is 10.1. The predicted octanol–water partition coefficient (Wildman–Crippen LogP) is 2.37. The fraction of sp³-hybridized carbons (Fsp3) is 0.348. The number of benzene rings is 2. The van der Waals surface area contributed by atoms with Crippen molar-refractivity contribution in [2.24, 2.45) is 4.99 Å². The van der Waals surface area contributed by atoms with Crippen molar-refractivity contribution in [1.82, 2.24) is 14.7 Å². The Labute approximate surface area is 181 Å². The molecule has 2 fully saturated rings. The minimum absolute atomic E-state index is 0.191. The van der Waals surface area contributed by atoms with E-state index in [0.29, 0.717) is 13.2 Å². The van der Waals surface area contributed by atoms with Gasteiger partial charge in [0.15, 0.2) is 12.2 Å². The standard InChI is InChI=1S/C23H25N5O3/c1-3-31-18-11-9-17(10-12-18)26-13-14-27-19-20(24-22(26)27)25(2)23(30)28(21(19)29)15-16-7-5-4-6-8-16/h4-12,19-20H,3,13-15H2,1-2H3. The molecule has 8 heteroatoms. The van der Waals surface area contributed by atoms with E-state index in [4.69, 9.17) is 9.73 Å². The van der Waals surface area contributed by atoms with Crippen LogP contribution < -0.4 is 9.64 Å². The monoisotopic (exact) mass is 419 g/mol. The van der Waals surface area contributed by atoms with Crippen LogP contribution in [0.4, 0.5) is 10.5 Å². The second-order valence-electron chi connectivity index (χ2n) is 7.86. The smallest absolute Gasteiger partial charge is 0.328 e. The molecule has 5 rings (SSSR count). The summed E-state index contributed by atoms with van der Waals surface area (Å²) in [5.41, 5.74) is 1.92. The fourth-order valence-corrected chi connectivity index (χ4v) is 4.48. The Morgan fingerprint density at radius 3 is 2.48 bits per heavy atom. The number of fused-ring (bicyclic) bond motifs is 3. The summed E-state index contributed by atoms with van der Waals surface area (Å²) in [6.45, 7) is 4.25. The SMILES string of the molecule is CCOc1ccc(N2CCN3C2=NC2C3C(=O)N(Cc3ccccc3)C(=O)N2C)cc1. The molecular weight excluding hydrogens is 394 g/mol. The molecule has 0 radical (unpaired) electrons. The highest BCUT2D eigenvalue weighted by Gasteiger charge is 2.54. The van der Waals surface area contributed by atoms with Gasteiger partial charge < -0.3 is 19.4 Å². The maximum atomic E-state index is 13.4. The molecule has 2 saturated heterocycles. The lowest BCUT2D eigenvalue weighted by Crippen LogP contribution is -2.64. The summed E-state index contributed by atoms with van der Waals surface area (Å²) in [6, 6.07) is 16.6. The number of hydrogen-bond acceptors (Lipinski definition) is 6. The Kier molecular flexibility index (Phi) is 4.77. The number of carbonyl (C=O) groups is 2. The molecule has 0 aliphatic carbocycles. The number of amides is 3. The molecule has 2 aromatic rings. The van der Waals surface area contributed by atoms with Gasteiger partial charge in [-0.25, -0.2) is 9.79 Å². The van der Waals surface area contributed by atoms with Gasteiger partial charge in [-0.2, -0.15) is 0 Å². The summed E-state index contributed by atoms with van der Waals surface area (Å²) >= 11 is 0. The minimum atomic E-state index is -0.507. The van der Waals surface area contributed by atoms with Gasteiger partial charge in [0.1, 0.15) is 5.75 Å². The summed E-state index contributed by atoms with van der Waals surface area (Å²) in [5.74, 6) is 1.37. The van der Waals surface area contributed by atoms with E-state index in [9.17, 15) is 9.59 Å². The van der Waals surface area contributed by atoms with Crippen molar-refractivity contribution >= 4 is 23.6 Å². The number of ether oxygens (including phenoxy) is 1.